The van der Waals surface area contributed by atoms with Gasteiger partial charge >= 0.3 is 0 Å². The summed E-state index contributed by atoms with van der Waals surface area (Å²) >= 11 is 0. The predicted octanol–water partition coefficient (Wildman–Crippen LogP) is 2.69. The second kappa shape index (κ2) is 10.1. The topological polar surface area (TPSA) is 48.8 Å². The van der Waals surface area contributed by atoms with Gasteiger partial charge in [-0.25, -0.2) is 0 Å². The van der Waals surface area contributed by atoms with E-state index < -0.39 is 0 Å². The maximum atomic E-state index is 13.2. The number of nitrogens with zero attached hydrogens (tertiary/aromatic N) is 4. The summed E-state index contributed by atoms with van der Waals surface area (Å²) < 4.78 is 1.71. The van der Waals surface area contributed by atoms with Crippen LogP contribution in [0.5, 0.6) is 0 Å². The Balaban J connectivity index is 1.62. The van der Waals surface area contributed by atoms with Gasteiger partial charge in [0.2, 0.25) is 0 Å². The fourth-order valence-corrected chi connectivity index (χ4v) is 4.77. The largest absolute Gasteiger partial charge is 0.338 e. The van der Waals surface area contributed by atoms with Gasteiger partial charge in [-0.15, -0.1) is 0 Å². The lowest BCUT2D eigenvalue weighted by molar-refractivity contribution is 0.0498. The highest BCUT2D eigenvalue weighted by molar-refractivity contribution is 5.95. The SMILES string of the molecule is Cc1ccn(CCC(C)C)c(=O)c1C(=O)N1CCC(C(C)N2CCN(C)CC2)CC1. The van der Waals surface area contributed by atoms with Crippen molar-refractivity contribution in [3.05, 3.63) is 33.7 Å². The Morgan fingerprint density at radius 1 is 1.07 bits per heavy atom. The van der Waals surface area contributed by atoms with Gasteiger partial charge in [0.15, 0.2) is 0 Å². The smallest absolute Gasteiger partial charge is 0.263 e. The van der Waals surface area contributed by atoms with Crippen molar-refractivity contribution in [2.24, 2.45) is 11.8 Å². The molecule has 2 aliphatic heterocycles. The molecule has 0 spiro atoms. The number of carbonyl (C=O) groups excluding carboxylic acids is 1. The highest BCUT2D eigenvalue weighted by Gasteiger charge is 2.32. The van der Waals surface area contributed by atoms with Gasteiger partial charge in [0.05, 0.1) is 0 Å². The average Bonchev–Trinajstić information content (AvgIpc) is 2.73. The van der Waals surface area contributed by atoms with E-state index in [1.54, 1.807) is 4.57 Å². The van der Waals surface area contributed by atoms with Crippen molar-refractivity contribution in [2.75, 3.05) is 46.3 Å². The van der Waals surface area contributed by atoms with Gasteiger partial charge in [-0.05, 0) is 63.6 Å². The Bertz CT molecular complexity index is 772. The van der Waals surface area contributed by atoms with Gasteiger partial charge in [0.1, 0.15) is 5.56 Å². The van der Waals surface area contributed by atoms with Crippen LogP contribution in [0.2, 0.25) is 0 Å². The number of rotatable bonds is 6. The number of aryl methyl sites for hydroxylation is 2. The van der Waals surface area contributed by atoms with E-state index in [-0.39, 0.29) is 11.5 Å². The van der Waals surface area contributed by atoms with Crippen LogP contribution < -0.4 is 5.56 Å². The van der Waals surface area contributed by atoms with Gasteiger partial charge in [-0.2, -0.15) is 0 Å². The minimum atomic E-state index is -0.131. The van der Waals surface area contributed by atoms with E-state index in [4.69, 9.17) is 0 Å². The number of pyridine rings is 1. The summed E-state index contributed by atoms with van der Waals surface area (Å²) in [5.41, 5.74) is 1.03. The molecular weight excluding hydrogens is 376 g/mol. The third-order valence-corrected chi connectivity index (χ3v) is 7.16. The Labute approximate surface area is 181 Å². The summed E-state index contributed by atoms with van der Waals surface area (Å²) in [7, 11) is 2.19. The first-order valence-electron chi connectivity index (χ1n) is 11.7. The van der Waals surface area contributed by atoms with E-state index >= 15 is 0 Å². The lowest BCUT2D eigenvalue weighted by atomic mass is 9.88. The molecule has 0 aliphatic carbocycles. The van der Waals surface area contributed by atoms with E-state index in [0.29, 0.717) is 30.0 Å². The lowest BCUT2D eigenvalue weighted by Gasteiger charge is -2.42. The zero-order valence-corrected chi connectivity index (χ0v) is 19.6. The molecule has 1 aromatic rings. The third kappa shape index (κ3) is 5.33. The van der Waals surface area contributed by atoms with Crippen molar-refractivity contribution in [1.29, 1.82) is 0 Å². The van der Waals surface area contributed by atoms with Gasteiger partial charge in [-0.3, -0.25) is 14.5 Å². The van der Waals surface area contributed by atoms with Crippen molar-refractivity contribution in [3.63, 3.8) is 0 Å². The van der Waals surface area contributed by atoms with Crippen LogP contribution >= 0.6 is 0 Å². The maximum Gasteiger partial charge on any atom is 0.263 e. The fraction of sp³-hybridized carbons (Fsp3) is 0.750. The summed E-state index contributed by atoms with van der Waals surface area (Å²) in [4.78, 5) is 33.1. The van der Waals surface area contributed by atoms with Crippen LogP contribution in [0.15, 0.2) is 17.1 Å². The van der Waals surface area contributed by atoms with E-state index in [1.807, 2.05) is 24.1 Å². The van der Waals surface area contributed by atoms with Crippen LogP contribution in [0.3, 0.4) is 0 Å². The molecule has 0 bridgehead atoms. The number of hydrogen-bond donors (Lipinski definition) is 0. The molecule has 0 aromatic carbocycles. The number of hydrogen-bond acceptors (Lipinski definition) is 4. The summed E-state index contributed by atoms with van der Waals surface area (Å²) in [6.07, 6.45) is 4.81. The number of likely N-dealkylation sites (N-methyl/N-ethyl adjacent to an activating group) is 1. The first-order valence-corrected chi connectivity index (χ1v) is 11.7. The molecule has 30 heavy (non-hydrogen) atoms. The van der Waals surface area contributed by atoms with Crippen molar-refractivity contribution in [2.45, 2.75) is 59.5 Å². The first kappa shape index (κ1) is 23.0. The molecule has 6 nitrogen and oxygen atoms in total. The van der Waals surface area contributed by atoms with Crippen LogP contribution in [0.4, 0.5) is 0 Å². The fourth-order valence-electron chi connectivity index (χ4n) is 4.77. The monoisotopic (exact) mass is 416 g/mol. The zero-order chi connectivity index (χ0) is 21.8. The molecule has 0 saturated carbocycles. The van der Waals surface area contributed by atoms with Gasteiger partial charge < -0.3 is 14.4 Å². The van der Waals surface area contributed by atoms with Crippen LogP contribution in [0, 0.1) is 18.8 Å². The molecule has 1 amide bonds. The van der Waals surface area contributed by atoms with Crippen molar-refractivity contribution < 1.29 is 4.79 Å². The van der Waals surface area contributed by atoms with Crippen molar-refractivity contribution in [3.8, 4) is 0 Å². The standard InChI is InChI=1S/C24H40N4O2/c1-18(2)6-10-27-11-7-19(3)22(23(27)29)24(30)28-12-8-21(9-13-28)20(4)26-16-14-25(5)15-17-26/h7,11,18,20-21H,6,8-10,12-17H2,1-5H3. The van der Waals surface area contributed by atoms with E-state index in [1.165, 1.54) is 0 Å². The van der Waals surface area contributed by atoms with E-state index in [9.17, 15) is 9.59 Å². The maximum absolute atomic E-state index is 13.2. The zero-order valence-electron chi connectivity index (χ0n) is 19.6. The minimum absolute atomic E-state index is 0.0814. The third-order valence-electron chi connectivity index (χ3n) is 7.16. The first-order chi connectivity index (χ1) is 14.3. The number of amides is 1. The van der Waals surface area contributed by atoms with Gasteiger partial charge in [0.25, 0.3) is 11.5 Å². The molecule has 2 aliphatic rings. The molecule has 2 fully saturated rings. The second-order valence-electron chi connectivity index (χ2n) is 9.76. The van der Waals surface area contributed by atoms with Crippen LogP contribution in [0.25, 0.3) is 0 Å². The number of likely N-dealkylation sites (tertiary alicyclic amines) is 1. The van der Waals surface area contributed by atoms with Crippen LogP contribution in [-0.2, 0) is 6.54 Å². The predicted molar refractivity (Wildman–Crippen MR) is 122 cm³/mol. The summed E-state index contributed by atoms with van der Waals surface area (Å²) in [6, 6.07) is 2.47. The summed E-state index contributed by atoms with van der Waals surface area (Å²) in [6.45, 7) is 15.2. The van der Waals surface area contributed by atoms with Crippen molar-refractivity contribution in [1.82, 2.24) is 19.3 Å². The molecule has 1 aromatic heterocycles. The van der Waals surface area contributed by atoms with Crippen LogP contribution in [-0.4, -0.2) is 77.5 Å². The quantitative estimate of drug-likeness (QED) is 0.715. The average molecular weight is 417 g/mol. The van der Waals surface area contributed by atoms with E-state index in [0.717, 1.165) is 64.1 Å². The number of aromatic nitrogens is 1. The van der Waals surface area contributed by atoms with Gasteiger partial charge in [-0.1, -0.05) is 13.8 Å². The second-order valence-corrected chi connectivity index (χ2v) is 9.76. The number of piperidine rings is 1. The molecule has 0 radical (unpaired) electrons. The Morgan fingerprint density at radius 3 is 2.30 bits per heavy atom. The highest BCUT2D eigenvalue weighted by Crippen LogP contribution is 2.25. The molecule has 0 N–H and O–H groups in total. The van der Waals surface area contributed by atoms with E-state index in [2.05, 4.69) is 37.6 Å². The Kier molecular flexibility index (Phi) is 7.75. The molecule has 168 valence electrons. The van der Waals surface area contributed by atoms with Crippen LogP contribution in [0.1, 0.15) is 56.0 Å². The lowest BCUT2D eigenvalue weighted by Crippen LogP contribution is -2.52. The minimum Gasteiger partial charge on any atom is -0.338 e. The normalized spacial score (nSPS) is 20.7. The summed E-state index contributed by atoms with van der Waals surface area (Å²) in [5, 5.41) is 0. The summed E-state index contributed by atoms with van der Waals surface area (Å²) in [5.74, 6) is 1.07. The molecule has 6 heteroatoms. The molecular formula is C24H40N4O2. The van der Waals surface area contributed by atoms with Gasteiger partial charge in [0, 0.05) is 58.1 Å². The molecule has 1 unspecified atom stereocenters. The molecule has 1 atom stereocenters. The highest BCUT2D eigenvalue weighted by atomic mass is 16.2. The number of carbonyl (C=O) groups is 1. The Morgan fingerprint density at radius 2 is 1.70 bits per heavy atom. The number of piperazine rings is 1. The van der Waals surface area contributed by atoms with Crippen molar-refractivity contribution >= 4 is 5.91 Å². The molecule has 2 saturated heterocycles. The molecule has 3 heterocycles. The Hall–Kier alpha value is -1.66. The molecule has 3 rings (SSSR count).